The Hall–Kier alpha value is -3.44. The third kappa shape index (κ3) is 11.8. The van der Waals surface area contributed by atoms with Crippen molar-refractivity contribution in [3.8, 4) is 0 Å². The minimum Gasteiger partial charge on any atom is -0.391 e. The molecule has 4 aromatic carbocycles. The fourth-order valence-electron chi connectivity index (χ4n) is 4.52. The standard InChI is InChI=1S/2C18H13Cl4N3O/c2*19-13-2-1-12(16(21)7-13)10-26-24-18(9-25-6-5-23-11-25)15-4-3-14(20)8-17(15)22/h2*1-8,11H,9-10H2/b2*24-18+. The summed E-state index contributed by atoms with van der Waals surface area (Å²) in [5, 5.41) is 12.8. The van der Waals surface area contributed by atoms with Gasteiger partial charge in [-0.2, -0.15) is 0 Å². The van der Waals surface area contributed by atoms with Gasteiger partial charge in [0.25, 0.3) is 0 Å². The summed E-state index contributed by atoms with van der Waals surface area (Å²) in [5.74, 6) is 0. The summed E-state index contributed by atoms with van der Waals surface area (Å²) in [6.45, 7) is 1.29. The van der Waals surface area contributed by atoms with Gasteiger partial charge in [0, 0.05) is 77.2 Å². The van der Waals surface area contributed by atoms with E-state index in [1.54, 1.807) is 97.8 Å². The number of oxime groups is 2. The smallest absolute Gasteiger partial charge is 0.143 e. The molecule has 6 aromatic rings. The van der Waals surface area contributed by atoms with Crippen molar-refractivity contribution in [1.82, 2.24) is 19.1 Å². The molecular formula is C36H26Cl8N6O2. The lowest BCUT2D eigenvalue weighted by molar-refractivity contribution is 0.130. The first-order chi connectivity index (χ1) is 25.0. The Kier molecular flexibility index (Phi) is 15.0. The van der Waals surface area contributed by atoms with E-state index in [0.717, 1.165) is 22.3 Å². The molecule has 0 bridgehead atoms. The third-order valence-corrected chi connectivity index (χ3v) is 9.36. The molecule has 0 amide bonds. The highest BCUT2D eigenvalue weighted by atomic mass is 35.5. The van der Waals surface area contributed by atoms with Crippen LogP contribution in [-0.2, 0) is 36.0 Å². The normalized spacial score (nSPS) is 11.6. The van der Waals surface area contributed by atoms with Crippen LogP contribution in [0, 0.1) is 0 Å². The van der Waals surface area contributed by atoms with E-state index >= 15 is 0 Å². The summed E-state index contributed by atoms with van der Waals surface area (Å²) in [6.07, 6.45) is 10.4. The number of aromatic nitrogens is 4. The van der Waals surface area contributed by atoms with E-state index in [9.17, 15) is 0 Å². The van der Waals surface area contributed by atoms with E-state index in [0.29, 0.717) is 64.7 Å². The summed E-state index contributed by atoms with van der Waals surface area (Å²) in [7, 11) is 0. The van der Waals surface area contributed by atoms with E-state index in [2.05, 4.69) is 20.3 Å². The SMILES string of the molecule is Clc1ccc(CO/N=C(\Cn2ccnc2)c2ccc(Cl)cc2Cl)c(Cl)c1.Clc1ccc(CO/N=C(\Cn2ccnc2)c2ccc(Cl)cc2Cl)c(Cl)c1. The molecule has 6 rings (SSSR count). The van der Waals surface area contributed by atoms with Crippen LogP contribution >= 0.6 is 92.8 Å². The topological polar surface area (TPSA) is 78.8 Å². The Morgan fingerprint density at radius 1 is 0.500 bits per heavy atom. The predicted molar refractivity (Wildman–Crippen MR) is 213 cm³/mol. The largest absolute Gasteiger partial charge is 0.391 e. The number of nitrogens with zero attached hydrogens (tertiary/aromatic N) is 6. The van der Waals surface area contributed by atoms with Gasteiger partial charge in [-0.3, -0.25) is 0 Å². The van der Waals surface area contributed by atoms with Crippen molar-refractivity contribution in [3.05, 3.63) is 173 Å². The Morgan fingerprint density at radius 2 is 0.865 bits per heavy atom. The molecular weight excluding hydrogens is 832 g/mol. The van der Waals surface area contributed by atoms with Crippen molar-refractivity contribution in [2.45, 2.75) is 26.3 Å². The average molecular weight is 858 g/mol. The third-order valence-electron chi connectivity index (χ3n) is 7.09. The van der Waals surface area contributed by atoms with Gasteiger partial charge in [0.05, 0.1) is 35.8 Å². The molecule has 0 saturated heterocycles. The molecule has 0 aliphatic carbocycles. The van der Waals surface area contributed by atoms with Gasteiger partial charge in [-0.25, -0.2) is 9.97 Å². The molecule has 2 aromatic heterocycles. The van der Waals surface area contributed by atoms with Crippen LogP contribution in [0.5, 0.6) is 0 Å². The minimum absolute atomic E-state index is 0.203. The summed E-state index contributed by atoms with van der Waals surface area (Å²) < 4.78 is 3.73. The molecule has 0 aliphatic rings. The molecule has 8 nitrogen and oxygen atoms in total. The van der Waals surface area contributed by atoms with E-state index in [-0.39, 0.29) is 13.2 Å². The molecule has 2 heterocycles. The highest BCUT2D eigenvalue weighted by molar-refractivity contribution is 6.38. The van der Waals surface area contributed by atoms with Crippen LogP contribution in [0.3, 0.4) is 0 Å². The van der Waals surface area contributed by atoms with Crippen molar-refractivity contribution >= 4 is 104 Å². The Balaban J connectivity index is 0.000000201. The van der Waals surface area contributed by atoms with Crippen molar-refractivity contribution in [1.29, 1.82) is 0 Å². The molecule has 52 heavy (non-hydrogen) atoms. The number of benzene rings is 4. The van der Waals surface area contributed by atoms with E-state index in [4.69, 9.17) is 102 Å². The minimum atomic E-state index is 0.203. The summed E-state index contributed by atoms with van der Waals surface area (Å²) in [4.78, 5) is 19.1. The lowest BCUT2D eigenvalue weighted by Gasteiger charge is -2.10. The zero-order chi connectivity index (χ0) is 37.0. The molecule has 16 heteroatoms. The summed E-state index contributed by atoms with van der Waals surface area (Å²) in [5.41, 5.74) is 4.29. The summed E-state index contributed by atoms with van der Waals surface area (Å²) >= 11 is 48.7. The van der Waals surface area contributed by atoms with Crippen molar-refractivity contribution in [3.63, 3.8) is 0 Å². The van der Waals surface area contributed by atoms with Gasteiger partial charge in [0.2, 0.25) is 0 Å². The van der Waals surface area contributed by atoms with Crippen LogP contribution in [0.4, 0.5) is 0 Å². The molecule has 0 fully saturated rings. The van der Waals surface area contributed by atoms with Crippen LogP contribution in [0.15, 0.2) is 121 Å². The second-order valence-corrected chi connectivity index (χ2v) is 14.2. The molecule has 0 unspecified atom stereocenters. The van der Waals surface area contributed by atoms with Gasteiger partial charge in [-0.1, -0.05) is 115 Å². The van der Waals surface area contributed by atoms with Gasteiger partial charge >= 0.3 is 0 Å². The van der Waals surface area contributed by atoms with Gasteiger partial charge in [0.15, 0.2) is 0 Å². The van der Waals surface area contributed by atoms with Gasteiger partial charge in [0.1, 0.15) is 24.6 Å². The van der Waals surface area contributed by atoms with E-state index in [1.165, 1.54) is 0 Å². The van der Waals surface area contributed by atoms with Crippen LogP contribution in [-0.4, -0.2) is 30.5 Å². The number of imidazole rings is 2. The highest BCUT2D eigenvalue weighted by Gasteiger charge is 2.13. The molecule has 0 atom stereocenters. The van der Waals surface area contributed by atoms with Crippen molar-refractivity contribution < 1.29 is 9.68 Å². The molecule has 0 saturated carbocycles. The van der Waals surface area contributed by atoms with Crippen LogP contribution in [0.2, 0.25) is 40.2 Å². The van der Waals surface area contributed by atoms with Crippen LogP contribution in [0.1, 0.15) is 22.3 Å². The molecule has 0 spiro atoms. The zero-order valence-corrected chi connectivity index (χ0v) is 32.8. The second kappa shape index (κ2) is 19.6. The number of hydrogen-bond donors (Lipinski definition) is 0. The lowest BCUT2D eigenvalue weighted by atomic mass is 10.1. The quantitative estimate of drug-likeness (QED) is 0.0907. The van der Waals surface area contributed by atoms with Gasteiger partial charge in [-0.05, 0) is 60.7 Å². The fraction of sp³-hybridized carbons (Fsp3) is 0.111. The van der Waals surface area contributed by atoms with E-state index in [1.807, 2.05) is 21.5 Å². The van der Waals surface area contributed by atoms with Gasteiger partial charge in [-0.15, -0.1) is 0 Å². The molecule has 0 radical (unpaired) electrons. The number of hydrogen-bond acceptors (Lipinski definition) is 6. The number of halogens is 8. The van der Waals surface area contributed by atoms with Crippen LogP contribution < -0.4 is 0 Å². The van der Waals surface area contributed by atoms with Crippen molar-refractivity contribution in [2.75, 3.05) is 0 Å². The first-order valence-electron chi connectivity index (χ1n) is 15.1. The van der Waals surface area contributed by atoms with E-state index < -0.39 is 0 Å². The monoisotopic (exact) mass is 854 g/mol. The fourth-order valence-corrected chi connectivity index (χ4v) is 6.48. The predicted octanol–water partition coefficient (Wildman–Crippen LogP) is 12.2. The first kappa shape index (κ1) is 39.8. The Labute approximate surface area is 340 Å². The molecule has 268 valence electrons. The Bertz CT molecular complexity index is 2010. The maximum atomic E-state index is 6.32. The maximum absolute atomic E-state index is 6.32. The van der Waals surface area contributed by atoms with Gasteiger partial charge < -0.3 is 18.8 Å². The summed E-state index contributed by atoms with van der Waals surface area (Å²) in [6, 6.07) is 20.9. The Morgan fingerprint density at radius 3 is 1.19 bits per heavy atom. The first-order valence-corrected chi connectivity index (χ1v) is 18.2. The lowest BCUT2D eigenvalue weighted by Crippen LogP contribution is -2.12. The average Bonchev–Trinajstić information content (AvgIpc) is 3.81. The molecule has 0 aliphatic heterocycles. The highest BCUT2D eigenvalue weighted by Crippen LogP contribution is 2.26. The molecule has 0 N–H and O–H groups in total. The maximum Gasteiger partial charge on any atom is 0.143 e. The number of rotatable bonds is 12. The van der Waals surface area contributed by atoms with Crippen molar-refractivity contribution in [2.24, 2.45) is 10.3 Å². The van der Waals surface area contributed by atoms with Crippen LogP contribution in [0.25, 0.3) is 0 Å². The zero-order valence-electron chi connectivity index (χ0n) is 26.7. The second-order valence-electron chi connectivity index (χ2n) is 10.8.